The number of carboxylic acids is 1. The molecule has 1 N–H and O–H groups in total. The van der Waals surface area contributed by atoms with E-state index in [1.54, 1.807) is 39.8 Å². The highest BCUT2D eigenvalue weighted by molar-refractivity contribution is 5.87. The molecule has 19 heavy (non-hydrogen) atoms. The summed E-state index contributed by atoms with van der Waals surface area (Å²) in [5.74, 6) is -0.726. The Morgan fingerprint density at radius 1 is 1.47 bits per heavy atom. The van der Waals surface area contributed by atoms with E-state index in [2.05, 4.69) is 0 Å². The van der Waals surface area contributed by atoms with Gasteiger partial charge in [-0.2, -0.15) is 0 Å². The molecule has 0 aliphatic carbocycles. The van der Waals surface area contributed by atoms with E-state index in [0.717, 1.165) is 0 Å². The molecule has 6 heteroatoms. The molecule has 106 valence electrons. The third kappa shape index (κ3) is 4.65. The van der Waals surface area contributed by atoms with Crippen LogP contribution in [0.5, 0.6) is 0 Å². The molecule has 1 aromatic heterocycles. The van der Waals surface area contributed by atoms with Crippen molar-refractivity contribution < 1.29 is 23.8 Å². The first-order valence-electron chi connectivity index (χ1n) is 5.98. The molecule has 1 heterocycles. The number of furan rings is 1. The number of anilines is 1. The summed E-state index contributed by atoms with van der Waals surface area (Å²) in [4.78, 5) is 24.1. The van der Waals surface area contributed by atoms with E-state index >= 15 is 0 Å². The van der Waals surface area contributed by atoms with Gasteiger partial charge in [-0.25, -0.2) is 9.69 Å². The van der Waals surface area contributed by atoms with E-state index in [4.69, 9.17) is 14.3 Å². The van der Waals surface area contributed by atoms with Crippen molar-refractivity contribution in [3.8, 4) is 0 Å². The van der Waals surface area contributed by atoms with Crippen molar-refractivity contribution in [3.63, 3.8) is 0 Å². The summed E-state index contributed by atoms with van der Waals surface area (Å²) in [7, 11) is 0. The fourth-order valence-corrected chi connectivity index (χ4v) is 1.55. The Labute approximate surface area is 112 Å². The van der Waals surface area contributed by atoms with Gasteiger partial charge >= 0.3 is 12.1 Å². The van der Waals surface area contributed by atoms with E-state index in [1.807, 2.05) is 0 Å². The molecule has 1 aromatic rings. The Morgan fingerprint density at radius 3 is 2.53 bits per heavy atom. The molecule has 6 nitrogen and oxygen atoms in total. The van der Waals surface area contributed by atoms with Gasteiger partial charge in [0.05, 0.1) is 18.7 Å². The largest absolute Gasteiger partial charge is 0.481 e. The van der Waals surface area contributed by atoms with Gasteiger partial charge in [-0.15, -0.1) is 0 Å². The van der Waals surface area contributed by atoms with Crippen LogP contribution >= 0.6 is 0 Å². The average molecular weight is 269 g/mol. The molecular formula is C13H19NO5. The minimum Gasteiger partial charge on any atom is -0.481 e. The highest BCUT2D eigenvalue weighted by atomic mass is 16.6. The lowest BCUT2D eigenvalue weighted by Crippen LogP contribution is -2.43. The van der Waals surface area contributed by atoms with Crippen LogP contribution in [0.1, 0.15) is 34.1 Å². The van der Waals surface area contributed by atoms with Gasteiger partial charge in [0.15, 0.2) is 0 Å². The van der Waals surface area contributed by atoms with Crippen molar-refractivity contribution in [1.29, 1.82) is 0 Å². The number of rotatable bonds is 4. The number of hydrogen-bond acceptors (Lipinski definition) is 4. The predicted octanol–water partition coefficient (Wildman–Crippen LogP) is 2.88. The summed E-state index contributed by atoms with van der Waals surface area (Å²) in [5.41, 5.74) is -0.662. The number of nitrogens with zero attached hydrogens (tertiary/aromatic N) is 1. The van der Waals surface area contributed by atoms with Crippen molar-refractivity contribution in [3.05, 3.63) is 18.4 Å². The third-order valence-corrected chi connectivity index (χ3v) is 2.24. The summed E-state index contributed by atoms with van der Waals surface area (Å²) >= 11 is 0. The first-order chi connectivity index (χ1) is 8.70. The van der Waals surface area contributed by atoms with Crippen LogP contribution in [0, 0.1) is 0 Å². The summed E-state index contributed by atoms with van der Waals surface area (Å²) < 4.78 is 10.4. The fraction of sp³-hybridized carbons (Fsp3) is 0.538. The van der Waals surface area contributed by atoms with E-state index < -0.39 is 23.7 Å². The predicted molar refractivity (Wildman–Crippen MR) is 69.1 cm³/mol. The zero-order valence-corrected chi connectivity index (χ0v) is 11.5. The van der Waals surface area contributed by atoms with Gasteiger partial charge in [0.25, 0.3) is 0 Å². The molecule has 1 atom stereocenters. The van der Waals surface area contributed by atoms with Crippen LogP contribution in [0.4, 0.5) is 10.7 Å². The van der Waals surface area contributed by atoms with Crippen LogP contribution in [-0.2, 0) is 9.53 Å². The normalized spacial score (nSPS) is 12.8. The highest BCUT2D eigenvalue weighted by Crippen LogP contribution is 2.22. The monoisotopic (exact) mass is 269 g/mol. The smallest absolute Gasteiger partial charge is 0.417 e. The van der Waals surface area contributed by atoms with Crippen molar-refractivity contribution in [2.45, 2.75) is 45.8 Å². The Morgan fingerprint density at radius 2 is 2.11 bits per heavy atom. The lowest BCUT2D eigenvalue weighted by atomic mass is 10.2. The molecular weight excluding hydrogens is 250 g/mol. The second-order valence-electron chi connectivity index (χ2n) is 5.25. The van der Waals surface area contributed by atoms with Gasteiger partial charge in [-0.3, -0.25) is 4.79 Å². The topological polar surface area (TPSA) is 80.0 Å². The third-order valence-electron chi connectivity index (χ3n) is 2.24. The maximum absolute atomic E-state index is 12.1. The number of hydrogen-bond donors (Lipinski definition) is 1. The molecule has 0 aromatic carbocycles. The Balaban J connectivity index is 2.93. The van der Waals surface area contributed by atoms with E-state index in [9.17, 15) is 9.59 Å². The molecule has 0 aliphatic rings. The number of carbonyl (C=O) groups is 2. The van der Waals surface area contributed by atoms with E-state index in [0.29, 0.717) is 0 Å². The summed E-state index contributed by atoms with van der Waals surface area (Å²) in [6.07, 6.45) is 0.594. The minimum absolute atomic E-state index is 0.195. The highest BCUT2D eigenvalue weighted by Gasteiger charge is 2.30. The second kappa shape index (κ2) is 5.77. The van der Waals surface area contributed by atoms with Crippen LogP contribution in [0.25, 0.3) is 0 Å². The molecule has 0 bridgehead atoms. The van der Waals surface area contributed by atoms with Crippen molar-refractivity contribution in [2.75, 3.05) is 4.90 Å². The number of carbonyl (C=O) groups excluding carboxylic acids is 1. The SMILES string of the molecule is C[C@H](CC(=O)O)N(C(=O)OC(C)(C)C)c1ccco1. The van der Waals surface area contributed by atoms with Gasteiger partial charge in [-0.05, 0) is 33.8 Å². The van der Waals surface area contributed by atoms with Gasteiger partial charge in [-0.1, -0.05) is 0 Å². The summed E-state index contributed by atoms with van der Waals surface area (Å²) in [6.45, 7) is 6.85. The Kier molecular flexibility index (Phi) is 4.58. The molecule has 0 saturated heterocycles. The first-order valence-corrected chi connectivity index (χ1v) is 5.98. The Bertz CT molecular complexity index is 432. The Hall–Kier alpha value is -1.98. The first kappa shape index (κ1) is 15.1. The number of carboxylic acid groups (broad SMARTS) is 1. The molecule has 0 saturated carbocycles. The molecule has 0 unspecified atom stereocenters. The average Bonchev–Trinajstić information content (AvgIpc) is 2.66. The fourth-order valence-electron chi connectivity index (χ4n) is 1.55. The van der Waals surface area contributed by atoms with E-state index in [1.165, 1.54) is 11.2 Å². The maximum Gasteiger partial charge on any atom is 0.417 e. The molecule has 0 aliphatic heterocycles. The quantitative estimate of drug-likeness (QED) is 0.909. The summed E-state index contributed by atoms with van der Waals surface area (Å²) in [5, 5.41) is 8.84. The van der Waals surface area contributed by atoms with Crippen LogP contribution in [0.15, 0.2) is 22.8 Å². The van der Waals surface area contributed by atoms with Crippen LogP contribution in [0.3, 0.4) is 0 Å². The molecule has 0 radical (unpaired) electrons. The van der Waals surface area contributed by atoms with Crippen molar-refractivity contribution >= 4 is 17.9 Å². The van der Waals surface area contributed by atoms with Gasteiger partial charge in [0, 0.05) is 6.07 Å². The molecule has 1 amide bonds. The molecule has 0 spiro atoms. The number of amides is 1. The number of aliphatic carboxylic acids is 1. The van der Waals surface area contributed by atoms with Gasteiger partial charge in [0.1, 0.15) is 5.60 Å². The lowest BCUT2D eigenvalue weighted by molar-refractivity contribution is -0.137. The second-order valence-corrected chi connectivity index (χ2v) is 5.25. The van der Waals surface area contributed by atoms with Crippen LogP contribution in [0.2, 0.25) is 0 Å². The van der Waals surface area contributed by atoms with Crippen LogP contribution < -0.4 is 4.90 Å². The van der Waals surface area contributed by atoms with Crippen LogP contribution in [-0.4, -0.2) is 28.8 Å². The lowest BCUT2D eigenvalue weighted by Gasteiger charge is -2.29. The van der Waals surface area contributed by atoms with E-state index in [-0.39, 0.29) is 12.3 Å². The minimum atomic E-state index is -0.993. The number of ether oxygens (including phenoxy) is 1. The molecule has 0 fully saturated rings. The van der Waals surface area contributed by atoms with Gasteiger partial charge < -0.3 is 14.3 Å². The maximum atomic E-state index is 12.1. The zero-order valence-electron chi connectivity index (χ0n) is 11.5. The standard InChI is InChI=1S/C13H19NO5/c1-9(8-11(15)16)14(10-6-5-7-18-10)12(17)19-13(2,3)4/h5-7,9H,8H2,1-4H3,(H,15,16)/t9-/m1/s1. The van der Waals surface area contributed by atoms with Crippen molar-refractivity contribution in [1.82, 2.24) is 0 Å². The van der Waals surface area contributed by atoms with Gasteiger partial charge in [0.2, 0.25) is 5.88 Å². The van der Waals surface area contributed by atoms with Crippen molar-refractivity contribution in [2.24, 2.45) is 0 Å². The molecule has 1 rings (SSSR count). The zero-order chi connectivity index (χ0) is 14.6. The summed E-state index contributed by atoms with van der Waals surface area (Å²) in [6, 6.07) is 2.64.